The van der Waals surface area contributed by atoms with E-state index in [-0.39, 0.29) is 36.0 Å². The first-order valence-electron chi connectivity index (χ1n) is 10.5. The summed E-state index contributed by atoms with van der Waals surface area (Å²) in [6.45, 7) is 3.77. The fourth-order valence-electron chi connectivity index (χ4n) is 4.31. The standard InChI is InChI=1S/C22H26N4O4/c1-3-30-18(27)13-24-14-23-20-19(24)21(28)25(16-10-5-4-6-11-16)22(29)26(20)17-12-8-7-9-15(17)2/h7-9,12,14,16H,3-6,10-11,13H2,1-2H3. The van der Waals surface area contributed by atoms with Crippen LogP contribution in [-0.2, 0) is 16.1 Å². The number of nitrogens with zero attached hydrogens (tertiary/aromatic N) is 4. The van der Waals surface area contributed by atoms with Crippen LogP contribution in [-0.4, -0.2) is 31.3 Å². The molecule has 1 aromatic carbocycles. The molecule has 8 heteroatoms. The van der Waals surface area contributed by atoms with Gasteiger partial charge in [0.1, 0.15) is 6.54 Å². The number of ether oxygens (including phenoxy) is 1. The van der Waals surface area contributed by atoms with Crippen LogP contribution < -0.4 is 11.2 Å². The smallest absolute Gasteiger partial charge is 0.337 e. The van der Waals surface area contributed by atoms with E-state index in [1.54, 1.807) is 6.92 Å². The van der Waals surface area contributed by atoms with E-state index in [2.05, 4.69) is 4.98 Å². The SMILES string of the molecule is CCOC(=O)Cn1cnc2c1c(=O)n(C1CCCCC1)c(=O)n2-c1ccccc1C. The van der Waals surface area contributed by atoms with Crippen LogP contribution in [0.5, 0.6) is 0 Å². The zero-order valence-electron chi connectivity index (χ0n) is 17.3. The quantitative estimate of drug-likeness (QED) is 0.604. The second kappa shape index (κ2) is 8.30. The van der Waals surface area contributed by atoms with Gasteiger partial charge in [-0.1, -0.05) is 37.5 Å². The van der Waals surface area contributed by atoms with Crippen LogP contribution >= 0.6 is 0 Å². The fourth-order valence-corrected chi connectivity index (χ4v) is 4.31. The molecule has 1 saturated carbocycles. The third-order valence-corrected chi connectivity index (χ3v) is 5.75. The molecule has 30 heavy (non-hydrogen) atoms. The number of para-hydroxylation sites is 1. The summed E-state index contributed by atoms with van der Waals surface area (Å²) in [5.41, 5.74) is 1.31. The van der Waals surface area contributed by atoms with Crippen LogP contribution in [0.4, 0.5) is 0 Å². The molecule has 3 aromatic rings. The molecular weight excluding hydrogens is 384 g/mol. The zero-order chi connectivity index (χ0) is 21.3. The van der Waals surface area contributed by atoms with Crippen LogP contribution in [0.2, 0.25) is 0 Å². The van der Waals surface area contributed by atoms with E-state index in [9.17, 15) is 14.4 Å². The predicted molar refractivity (Wildman–Crippen MR) is 113 cm³/mol. The molecule has 0 atom stereocenters. The normalized spacial score (nSPS) is 14.9. The average Bonchev–Trinajstić information content (AvgIpc) is 3.14. The number of hydrogen-bond acceptors (Lipinski definition) is 5. The number of fused-ring (bicyclic) bond motifs is 1. The van der Waals surface area contributed by atoms with E-state index in [1.807, 2.05) is 31.2 Å². The van der Waals surface area contributed by atoms with E-state index in [4.69, 9.17) is 4.74 Å². The molecule has 0 amide bonds. The lowest BCUT2D eigenvalue weighted by atomic mass is 9.95. The molecule has 8 nitrogen and oxygen atoms in total. The Kier molecular flexibility index (Phi) is 5.57. The van der Waals surface area contributed by atoms with Crippen molar-refractivity contribution < 1.29 is 9.53 Å². The Balaban J connectivity index is 2.01. The topological polar surface area (TPSA) is 88.1 Å². The number of benzene rings is 1. The maximum Gasteiger partial charge on any atom is 0.337 e. The summed E-state index contributed by atoms with van der Waals surface area (Å²) in [6.07, 6.45) is 6.10. The van der Waals surface area contributed by atoms with Gasteiger partial charge >= 0.3 is 11.7 Å². The van der Waals surface area contributed by atoms with E-state index in [0.717, 1.165) is 37.7 Å². The molecule has 0 radical (unpaired) electrons. The van der Waals surface area contributed by atoms with Crippen LogP contribution in [0.25, 0.3) is 16.9 Å². The second-order valence-corrected chi connectivity index (χ2v) is 7.72. The predicted octanol–water partition coefficient (Wildman–Crippen LogP) is 2.73. The van der Waals surface area contributed by atoms with Gasteiger partial charge in [-0.25, -0.2) is 14.3 Å². The highest BCUT2D eigenvalue weighted by atomic mass is 16.5. The summed E-state index contributed by atoms with van der Waals surface area (Å²) in [4.78, 5) is 43.5. The number of hydrogen-bond donors (Lipinski definition) is 0. The third kappa shape index (κ3) is 3.46. The summed E-state index contributed by atoms with van der Waals surface area (Å²) in [5, 5.41) is 0. The molecule has 1 aliphatic rings. The second-order valence-electron chi connectivity index (χ2n) is 7.72. The van der Waals surface area contributed by atoms with Gasteiger partial charge in [0.25, 0.3) is 5.56 Å². The summed E-state index contributed by atoms with van der Waals surface area (Å²) in [5.74, 6) is -0.450. The largest absolute Gasteiger partial charge is 0.465 e. The maximum atomic E-state index is 13.6. The lowest BCUT2D eigenvalue weighted by molar-refractivity contribution is -0.143. The van der Waals surface area contributed by atoms with Crippen molar-refractivity contribution in [2.75, 3.05) is 6.61 Å². The van der Waals surface area contributed by atoms with Gasteiger partial charge in [0.05, 0.1) is 18.6 Å². The third-order valence-electron chi connectivity index (χ3n) is 5.75. The van der Waals surface area contributed by atoms with Crippen molar-refractivity contribution in [3.8, 4) is 5.69 Å². The van der Waals surface area contributed by atoms with E-state index < -0.39 is 11.5 Å². The molecule has 0 unspecified atom stereocenters. The molecule has 0 spiro atoms. The molecule has 1 fully saturated rings. The lowest BCUT2D eigenvalue weighted by Crippen LogP contribution is -2.43. The van der Waals surface area contributed by atoms with Crippen LogP contribution in [0.1, 0.15) is 50.6 Å². The van der Waals surface area contributed by atoms with Crippen molar-refractivity contribution in [3.05, 3.63) is 57.0 Å². The molecule has 2 heterocycles. The van der Waals surface area contributed by atoms with Gasteiger partial charge in [-0.2, -0.15) is 0 Å². The first-order chi connectivity index (χ1) is 14.5. The molecule has 4 rings (SSSR count). The summed E-state index contributed by atoms with van der Waals surface area (Å²) in [6, 6.07) is 7.36. The zero-order valence-corrected chi connectivity index (χ0v) is 17.3. The Hall–Kier alpha value is -3.16. The van der Waals surface area contributed by atoms with Gasteiger partial charge in [-0.3, -0.25) is 14.2 Å². The van der Waals surface area contributed by atoms with Gasteiger partial charge in [-0.05, 0) is 38.3 Å². The van der Waals surface area contributed by atoms with Crippen molar-refractivity contribution >= 4 is 17.1 Å². The number of carbonyl (C=O) groups excluding carboxylic acids is 1. The molecule has 0 N–H and O–H groups in total. The highest BCUT2D eigenvalue weighted by Gasteiger charge is 2.26. The Bertz CT molecular complexity index is 1200. The Morgan fingerprint density at radius 3 is 2.60 bits per heavy atom. The van der Waals surface area contributed by atoms with E-state index in [0.29, 0.717) is 5.69 Å². The monoisotopic (exact) mass is 410 g/mol. The van der Waals surface area contributed by atoms with Gasteiger partial charge < -0.3 is 9.30 Å². The number of imidazole rings is 1. The Morgan fingerprint density at radius 2 is 1.90 bits per heavy atom. The lowest BCUT2D eigenvalue weighted by Gasteiger charge is -2.24. The minimum Gasteiger partial charge on any atom is -0.465 e. The number of aromatic nitrogens is 4. The molecule has 0 aliphatic heterocycles. The molecular formula is C22H26N4O4. The van der Waals surface area contributed by atoms with Gasteiger partial charge in [0, 0.05) is 6.04 Å². The maximum absolute atomic E-state index is 13.6. The minimum absolute atomic E-state index is 0.129. The molecule has 158 valence electrons. The van der Waals surface area contributed by atoms with E-state index >= 15 is 0 Å². The molecule has 2 aromatic heterocycles. The van der Waals surface area contributed by atoms with Crippen molar-refractivity contribution in [3.63, 3.8) is 0 Å². The number of aryl methyl sites for hydroxylation is 1. The number of rotatable bonds is 5. The Morgan fingerprint density at radius 1 is 1.17 bits per heavy atom. The van der Waals surface area contributed by atoms with Crippen molar-refractivity contribution in [2.45, 2.75) is 58.5 Å². The summed E-state index contributed by atoms with van der Waals surface area (Å²) >= 11 is 0. The highest BCUT2D eigenvalue weighted by Crippen LogP contribution is 2.27. The first-order valence-corrected chi connectivity index (χ1v) is 10.5. The van der Waals surface area contributed by atoms with Gasteiger partial charge in [0.15, 0.2) is 11.2 Å². The van der Waals surface area contributed by atoms with Crippen molar-refractivity contribution in [1.82, 2.24) is 18.7 Å². The van der Waals surface area contributed by atoms with Gasteiger partial charge in [-0.15, -0.1) is 0 Å². The van der Waals surface area contributed by atoms with Gasteiger partial charge in [0.2, 0.25) is 0 Å². The van der Waals surface area contributed by atoms with Crippen molar-refractivity contribution in [1.29, 1.82) is 0 Å². The molecule has 0 bridgehead atoms. The van der Waals surface area contributed by atoms with Crippen LogP contribution in [0.3, 0.4) is 0 Å². The number of esters is 1. The summed E-state index contributed by atoms with van der Waals surface area (Å²) in [7, 11) is 0. The van der Waals surface area contributed by atoms with Crippen LogP contribution in [0.15, 0.2) is 40.2 Å². The molecule has 0 saturated heterocycles. The molecule has 1 aliphatic carbocycles. The fraction of sp³-hybridized carbons (Fsp3) is 0.455. The Labute approximate surface area is 173 Å². The average molecular weight is 410 g/mol. The first kappa shape index (κ1) is 20.1. The summed E-state index contributed by atoms with van der Waals surface area (Å²) < 4.78 is 9.41. The van der Waals surface area contributed by atoms with Crippen molar-refractivity contribution in [2.24, 2.45) is 0 Å². The van der Waals surface area contributed by atoms with E-state index in [1.165, 1.54) is 20.0 Å². The number of carbonyl (C=O) groups is 1. The highest BCUT2D eigenvalue weighted by molar-refractivity contribution is 5.76. The minimum atomic E-state index is -0.450. The van der Waals surface area contributed by atoms with Crippen LogP contribution in [0, 0.1) is 6.92 Å².